The first kappa shape index (κ1) is 17.8. The molecule has 0 bridgehead atoms. The minimum absolute atomic E-state index is 0.545. The van der Waals surface area contributed by atoms with Gasteiger partial charge in [0.2, 0.25) is 5.82 Å². The number of ether oxygens (including phenoxy) is 1. The Morgan fingerprint density at radius 2 is 2.04 bits per heavy atom. The Hall–Kier alpha value is -2.99. The first-order valence-electron chi connectivity index (χ1n) is 8.68. The van der Waals surface area contributed by atoms with Crippen LogP contribution in [-0.4, -0.2) is 28.8 Å². The maximum atomic E-state index is 5.54. The molecule has 0 fully saturated rings. The van der Waals surface area contributed by atoms with Crippen LogP contribution in [0.1, 0.15) is 30.7 Å². The van der Waals surface area contributed by atoms with Crippen molar-refractivity contribution in [1.82, 2.24) is 15.1 Å². The van der Waals surface area contributed by atoms with Gasteiger partial charge >= 0.3 is 0 Å². The summed E-state index contributed by atoms with van der Waals surface area (Å²) in [5.74, 6) is 1.91. The normalized spacial score (nSPS) is 11.5. The van der Waals surface area contributed by atoms with Crippen molar-refractivity contribution in [3.05, 3.63) is 60.2 Å². The molecule has 0 aliphatic carbocycles. The summed E-state index contributed by atoms with van der Waals surface area (Å²) in [5.41, 5.74) is 6.82. The second-order valence-corrected chi connectivity index (χ2v) is 5.92. The lowest BCUT2D eigenvalue weighted by Crippen LogP contribution is -2.50. The number of hydrogen-bond donors (Lipinski definition) is 1. The van der Waals surface area contributed by atoms with E-state index >= 15 is 0 Å². The van der Waals surface area contributed by atoms with Gasteiger partial charge in [-0.3, -0.25) is 4.98 Å². The second kappa shape index (κ2) is 8.92. The number of methoxy groups -OCH3 is 1. The number of pyridine rings is 1. The topological polar surface area (TPSA) is 88.7 Å². The van der Waals surface area contributed by atoms with Gasteiger partial charge < -0.3 is 15.0 Å². The van der Waals surface area contributed by atoms with Gasteiger partial charge in [-0.2, -0.15) is 4.98 Å². The van der Waals surface area contributed by atoms with Crippen LogP contribution in [0.5, 0.6) is 5.75 Å². The van der Waals surface area contributed by atoms with E-state index in [-0.39, 0.29) is 0 Å². The van der Waals surface area contributed by atoms with Crippen molar-refractivity contribution in [1.29, 1.82) is 0 Å². The molecule has 0 spiro atoms. The van der Waals surface area contributed by atoms with Crippen LogP contribution in [0.3, 0.4) is 0 Å². The van der Waals surface area contributed by atoms with Gasteiger partial charge in [0.25, 0.3) is 5.89 Å². The molecule has 0 aliphatic rings. The smallest absolute Gasteiger partial charge is 0.254 e. The van der Waals surface area contributed by atoms with Crippen LogP contribution < -0.4 is 10.5 Å². The zero-order valence-corrected chi connectivity index (χ0v) is 14.9. The van der Waals surface area contributed by atoms with Gasteiger partial charge in [-0.05, 0) is 61.2 Å². The maximum Gasteiger partial charge on any atom is 0.254 e. The molecule has 3 rings (SSSR count). The van der Waals surface area contributed by atoms with Crippen LogP contribution in [0, 0.1) is 0 Å². The van der Waals surface area contributed by atoms with Crippen molar-refractivity contribution in [3.8, 4) is 17.1 Å². The summed E-state index contributed by atoms with van der Waals surface area (Å²) in [6, 6.07) is 11.5. The zero-order chi connectivity index (χ0) is 18.2. The first-order chi connectivity index (χ1) is 12.8. The molecule has 2 aromatic heterocycles. The molecule has 6 heteroatoms. The van der Waals surface area contributed by atoms with Gasteiger partial charge in [0.15, 0.2) is 0 Å². The van der Waals surface area contributed by atoms with Crippen LogP contribution in [0.2, 0.25) is 0 Å². The number of hydrogen-bond acceptors (Lipinski definition) is 5. The summed E-state index contributed by atoms with van der Waals surface area (Å²) in [6.07, 6.45) is 8.58. The molecular weight excluding hydrogens is 328 g/mol. The molecule has 6 nitrogen and oxygen atoms in total. The molecule has 134 valence electrons. The van der Waals surface area contributed by atoms with Crippen LogP contribution in [0.15, 0.2) is 53.3 Å². The summed E-state index contributed by atoms with van der Waals surface area (Å²) < 4.78 is 10.7. The number of benzene rings is 1. The predicted molar refractivity (Wildman–Crippen MR) is 100 cm³/mol. The van der Waals surface area contributed by atoms with Crippen LogP contribution in [0.4, 0.5) is 0 Å². The summed E-state index contributed by atoms with van der Waals surface area (Å²) in [4.78, 5) is 8.75. The fourth-order valence-electron chi connectivity index (χ4n) is 2.61. The molecule has 0 aliphatic heterocycles. The largest absolute Gasteiger partial charge is 0.497 e. The van der Waals surface area contributed by atoms with Gasteiger partial charge in [-0.15, -0.1) is 0 Å². The SMILES string of the molecule is COc1ccc(-c2noc(/C(=C/c3cccnc3)CCCC[NH3+])n2)cc1. The Balaban J connectivity index is 1.86. The minimum atomic E-state index is 0.545. The Kier molecular flexibility index (Phi) is 6.11. The highest BCUT2D eigenvalue weighted by Gasteiger charge is 2.13. The molecule has 3 N–H and O–H groups in total. The van der Waals surface area contributed by atoms with E-state index in [2.05, 4.69) is 26.9 Å². The number of rotatable bonds is 8. The number of aromatic nitrogens is 3. The quantitative estimate of drug-likeness (QED) is 0.630. The van der Waals surface area contributed by atoms with Crippen molar-refractivity contribution in [3.63, 3.8) is 0 Å². The highest BCUT2D eigenvalue weighted by atomic mass is 16.5. The molecule has 0 radical (unpaired) electrons. The van der Waals surface area contributed by atoms with Gasteiger partial charge in [-0.25, -0.2) is 0 Å². The monoisotopic (exact) mass is 351 g/mol. The standard InChI is InChI=1S/C20H22N4O2/c1-25-18-9-7-16(8-10-18)19-23-20(26-24-19)17(6-2-3-11-21)13-15-5-4-12-22-14-15/h4-5,7-10,12-14H,2-3,6,11,21H2,1H3/p+1/b17-13+. The molecule has 26 heavy (non-hydrogen) atoms. The van der Waals surface area contributed by atoms with E-state index in [9.17, 15) is 0 Å². The molecule has 0 unspecified atom stereocenters. The van der Waals surface area contributed by atoms with Crippen LogP contribution >= 0.6 is 0 Å². The van der Waals surface area contributed by atoms with Crippen molar-refractivity contribution >= 4 is 11.6 Å². The molecule has 0 saturated carbocycles. The molecule has 0 amide bonds. The van der Waals surface area contributed by atoms with Crippen molar-refractivity contribution in [2.75, 3.05) is 13.7 Å². The lowest BCUT2D eigenvalue weighted by atomic mass is 10.1. The van der Waals surface area contributed by atoms with Crippen LogP contribution in [-0.2, 0) is 0 Å². The lowest BCUT2D eigenvalue weighted by molar-refractivity contribution is -0.368. The molecule has 3 aromatic rings. The number of nitrogens with zero attached hydrogens (tertiary/aromatic N) is 3. The highest BCUT2D eigenvalue weighted by molar-refractivity contribution is 5.78. The van der Waals surface area contributed by atoms with Crippen LogP contribution in [0.25, 0.3) is 23.0 Å². The average molecular weight is 351 g/mol. The fraction of sp³-hybridized carbons (Fsp3) is 0.250. The third-order valence-electron chi connectivity index (χ3n) is 4.02. The van der Waals surface area contributed by atoms with Crippen molar-refractivity contribution in [2.45, 2.75) is 19.3 Å². The Morgan fingerprint density at radius 1 is 1.19 bits per heavy atom. The maximum absolute atomic E-state index is 5.54. The average Bonchev–Trinajstić information content (AvgIpc) is 3.18. The molecule has 2 heterocycles. The van der Waals surface area contributed by atoms with Gasteiger partial charge in [-0.1, -0.05) is 11.2 Å². The van der Waals surface area contributed by atoms with E-state index in [0.29, 0.717) is 11.7 Å². The first-order valence-corrected chi connectivity index (χ1v) is 8.68. The molecular formula is C20H23N4O2+. The van der Waals surface area contributed by atoms with Crippen molar-refractivity contribution < 1.29 is 15.0 Å². The zero-order valence-electron chi connectivity index (χ0n) is 14.9. The Labute approximate surface area is 152 Å². The number of allylic oxidation sites excluding steroid dienone is 1. The molecule has 0 saturated heterocycles. The predicted octanol–water partition coefficient (Wildman–Crippen LogP) is 3.09. The highest BCUT2D eigenvalue weighted by Crippen LogP contribution is 2.26. The summed E-state index contributed by atoms with van der Waals surface area (Å²) in [6.45, 7) is 0.918. The van der Waals surface area contributed by atoms with E-state index < -0.39 is 0 Å². The Morgan fingerprint density at radius 3 is 2.73 bits per heavy atom. The third kappa shape index (κ3) is 4.55. The summed E-state index contributed by atoms with van der Waals surface area (Å²) in [7, 11) is 1.64. The van der Waals surface area contributed by atoms with Gasteiger partial charge in [0, 0.05) is 23.5 Å². The summed E-state index contributed by atoms with van der Waals surface area (Å²) in [5, 5.41) is 4.14. The van der Waals surface area contributed by atoms with E-state index in [1.54, 1.807) is 13.3 Å². The van der Waals surface area contributed by atoms with E-state index in [0.717, 1.165) is 48.3 Å². The summed E-state index contributed by atoms with van der Waals surface area (Å²) >= 11 is 0. The van der Waals surface area contributed by atoms with Gasteiger partial charge in [0.1, 0.15) is 5.75 Å². The number of unbranched alkanes of at least 4 members (excludes halogenated alkanes) is 1. The Bertz CT molecular complexity index is 842. The lowest BCUT2D eigenvalue weighted by Gasteiger charge is -2.02. The van der Waals surface area contributed by atoms with E-state index in [1.807, 2.05) is 42.6 Å². The van der Waals surface area contributed by atoms with E-state index in [4.69, 9.17) is 9.26 Å². The number of quaternary nitrogens is 1. The minimum Gasteiger partial charge on any atom is -0.497 e. The molecule has 0 atom stereocenters. The third-order valence-corrected chi connectivity index (χ3v) is 4.02. The van der Waals surface area contributed by atoms with Crippen molar-refractivity contribution in [2.24, 2.45) is 0 Å². The van der Waals surface area contributed by atoms with E-state index in [1.165, 1.54) is 0 Å². The van der Waals surface area contributed by atoms with Gasteiger partial charge in [0.05, 0.1) is 13.7 Å². The fourth-order valence-corrected chi connectivity index (χ4v) is 2.61. The second-order valence-electron chi connectivity index (χ2n) is 5.92. The molecule has 1 aromatic carbocycles.